The molecule has 0 aromatic carbocycles. The molecule has 0 aromatic heterocycles. The van der Waals surface area contributed by atoms with Gasteiger partial charge in [0.05, 0.1) is 6.10 Å². The Morgan fingerprint density at radius 3 is 2.83 bits per heavy atom. The smallest absolute Gasteiger partial charge is 0.0576 e. The summed E-state index contributed by atoms with van der Waals surface area (Å²) in [5.41, 5.74) is 0.520. The van der Waals surface area contributed by atoms with E-state index in [4.69, 9.17) is 4.74 Å². The molecule has 2 aliphatic rings. The van der Waals surface area contributed by atoms with Gasteiger partial charge in [-0.15, -0.1) is 0 Å². The third-order valence-corrected chi connectivity index (χ3v) is 3.35. The average molecular weight is 169 g/mol. The van der Waals surface area contributed by atoms with E-state index in [1.165, 1.54) is 38.5 Å². The number of ether oxygens (including phenoxy) is 1. The molecule has 1 unspecified atom stereocenters. The van der Waals surface area contributed by atoms with E-state index in [1.54, 1.807) is 0 Å². The van der Waals surface area contributed by atoms with Gasteiger partial charge >= 0.3 is 0 Å². The van der Waals surface area contributed by atoms with Crippen LogP contribution >= 0.6 is 0 Å². The summed E-state index contributed by atoms with van der Waals surface area (Å²) in [6.45, 7) is 0.997. The Labute approximate surface area is 74.7 Å². The second kappa shape index (κ2) is 3.35. The van der Waals surface area contributed by atoms with Gasteiger partial charge in [-0.25, -0.2) is 0 Å². The van der Waals surface area contributed by atoms with Gasteiger partial charge in [0.15, 0.2) is 0 Å². The molecule has 2 rings (SSSR count). The lowest BCUT2D eigenvalue weighted by atomic mass is 10.0. The highest BCUT2D eigenvalue weighted by atomic mass is 16.5. The quantitative estimate of drug-likeness (QED) is 0.691. The molecule has 0 amide bonds. The van der Waals surface area contributed by atoms with Gasteiger partial charge in [-0.3, -0.25) is 0 Å². The first kappa shape index (κ1) is 8.52. The molecule has 1 aliphatic carbocycles. The molecule has 0 bridgehead atoms. The molecule has 2 nitrogen and oxygen atoms in total. The zero-order chi connectivity index (χ0) is 8.44. The van der Waals surface area contributed by atoms with Gasteiger partial charge in [0.25, 0.3) is 0 Å². The van der Waals surface area contributed by atoms with Crippen molar-refractivity contribution in [3.8, 4) is 0 Å². The van der Waals surface area contributed by atoms with Crippen LogP contribution < -0.4 is 5.32 Å². The van der Waals surface area contributed by atoms with Crippen LogP contribution in [0.1, 0.15) is 38.5 Å². The average Bonchev–Trinajstić information content (AvgIpc) is 2.70. The largest absolute Gasteiger partial charge is 0.378 e. The van der Waals surface area contributed by atoms with E-state index >= 15 is 0 Å². The molecule has 1 atom stereocenters. The monoisotopic (exact) mass is 169 g/mol. The SMILES string of the molecule is CNC1(CCC2CCCO2)CC1. The van der Waals surface area contributed by atoms with E-state index in [2.05, 4.69) is 12.4 Å². The zero-order valence-corrected chi connectivity index (χ0v) is 7.94. The molecule has 2 fully saturated rings. The minimum atomic E-state index is 0.520. The third kappa shape index (κ3) is 1.80. The fraction of sp³-hybridized carbons (Fsp3) is 1.00. The Kier molecular flexibility index (Phi) is 2.37. The molecule has 1 aliphatic heterocycles. The van der Waals surface area contributed by atoms with Crippen molar-refractivity contribution < 1.29 is 4.74 Å². The van der Waals surface area contributed by atoms with Gasteiger partial charge in [0.2, 0.25) is 0 Å². The Morgan fingerprint density at radius 2 is 2.33 bits per heavy atom. The normalized spacial score (nSPS) is 32.2. The van der Waals surface area contributed by atoms with Crippen molar-refractivity contribution >= 4 is 0 Å². The first-order valence-electron chi connectivity index (χ1n) is 5.15. The molecule has 0 radical (unpaired) electrons. The molecule has 1 N–H and O–H groups in total. The molecule has 1 heterocycles. The second-order valence-corrected chi connectivity index (χ2v) is 4.20. The lowest BCUT2D eigenvalue weighted by Crippen LogP contribution is -2.28. The lowest BCUT2D eigenvalue weighted by molar-refractivity contribution is 0.0989. The minimum absolute atomic E-state index is 0.520. The van der Waals surface area contributed by atoms with Crippen LogP contribution in [0.2, 0.25) is 0 Å². The summed E-state index contributed by atoms with van der Waals surface area (Å²) in [5.74, 6) is 0. The first-order chi connectivity index (χ1) is 5.85. The first-order valence-corrected chi connectivity index (χ1v) is 5.15. The van der Waals surface area contributed by atoms with Gasteiger partial charge in [0.1, 0.15) is 0 Å². The Morgan fingerprint density at radius 1 is 1.50 bits per heavy atom. The number of hydrogen-bond donors (Lipinski definition) is 1. The van der Waals surface area contributed by atoms with Crippen LogP contribution in [0.25, 0.3) is 0 Å². The maximum atomic E-state index is 5.59. The van der Waals surface area contributed by atoms with Crippen molar-refractivity contribution in [1.29, 1.82) is 0 Å². The van der Waals surface area contributed by atoms with Crippen LogP contribution in [0.4, 0.5) is 0 Å². The van der Waals surface area contributed by atoms with E-state index in [1.807, 2.05) is 0 Å². The fourth-order valence-electron chi connectivity index (χ4n) is 2.09. The number of nitrogens with one attached hydrogen (secondary N) is 1. The summed E-state index contributed by atoms with van der Waals surface area (Å²) >= 11 is 0. The highest BCUT2D eigenvalue weighted by molar-refractivity contribution is 5.01. The maximum Gasteiger partial charge on any atom is 0.0576 e. The summed E-state index contributed by atoms with van der Waals surface area (Å²) < 4.78 is 5.59. The molecule has 1 saturated carbocycles. The van der Waals surface area contributed by atoms with Crippen LogP contribution in [0.15, 0.2) is 0 Å². The van der Waals surface area contributed by atoms with E-state index in [0.29, 0.717) is 11.6 Å². The summed E-state index contributed by atoms with van der Waals surface area (Å²) in [5, 5.41) is 3.42. The highest BCUT2D eigenvalue weighted by Gasteiger charge is 2.40. The van der Waals surface area contributed by atoms with Gasteiger partial charge in [-0.05, 0) is 45.6 Å². The van der Waals surface area contributed by atoms with E-state index in [0.717, 1.165) is 6.61 Å². The van der Waals surface area contributed by atoms with Crippen molar-refractivity contribution in [2.24, 2.45) is 0 Å². The van der Waals surface area contributed by atoms with E-state index in [9.17, 15) is 0 Å². The lowest BCUT2D eigenvalue weighted by Gasteiger charge is -2.16. The van der Waals surface area contributed by atoms with Crippen molar-refractivity contribution in [3.05, 3.63) is 0 Å². The van der Waals surface area contributed by atoms with Crippen LogP contribution in [0, 0.1) is 0 Å². The van der Waals surface area contributed by atoms with E-state index < -0.39 is 0 Å². The van der Waals surface area contributed by atoms with Crippen molar-refractivity contribution in [2.45, 2.75) is 50.2 Å². The predicted octanol–water partition coefficient (Wildman–Crippen LogP) is 1.70. The highest BCUT2D eigenvalue weighted by Crippen LogP contribution is 2.40. The van der Waals surface area contributed by atoms with Gasteiger partial charge in [-0.1, -0.05) is 0 Å². The molecule has 0 aromatic rings. The maximum absolute atomic E-state index is 5.59. The minimum Gasteiger partial charge on any atom is -0.378 e. The van der Waals surface area contributed by atoms with Crippen molar-refractivity contribution in [3.63, 3.8) is 0 Å². The Bertz CT molecular complexity index is 148. The van der Waals surface area contributed by atoms with Crippen LogP contribution in [-0.4, -0.2) is 25.3 Å². The predicted molar refractivity (Wildman–Crippen MR) is 49.2 cm³/mol. The molecule has 12 heavy (non-hydrogen) atoms. The number of hydrogen-bond acceptors (Lipinski definition) is 2. The van der Waals surface area contributed by atoms with Crippen molar-refractivity contribution in [2.75, 3.05) is 13.7 Å². The van der Waals surface area contributed by atoms with Crippen LogP contribution in [-0.2, 0) is 4.74 Å². The fourth-order valence-corrected chi connectivity index (χ4v) is 2.09. The number of rotatable bonds is 4. The second-order valence-electron chi connectivity index (χ2n) is 4.20. The molecular weight excluding hydrogens is 150 g/mol. The van der Waals surface area contributed by atoms with Gasteiger partial charge in [0, 0.05) is 12.1 Å². The molecule has 1 saturated heterocycles. The van der Waals surface area contributed by atoms with Crippen molar-refractivity contribution in [1.82, 2.24) is 5.32 Å². The topological polar surface area (TPSA) is 21.3 Å². The third-order valence-electron chi connectivity index (χ3n) is 3.35. The Balaban J connectivity index is 1.67. The molecule has 70 valence electrons. The summed E-state index contributed by atoms with van der Waals surface area (Å²) in [7, 11) is 2.09. The molecular formula is C10H19NO. The van der Waals surface area contributed by atoms with Gasteiger partial charge in [-0.2, -0.15) is 0 Å². The van der Waals surface area contributed by atoms with E-state index in [-0.39, 0.29) is 0 Å². The van der Waals surface area contributed by atoms with Gasteiger partial charge < -0.3 is 10.1 Å². The summed E-state index contributed by atoms with van der Waals surface area (Å²) in [4.78, 5) is 0. The molecule has 2 heteroatoms. The standard InChI is InChI=1S/C10H19NO/c1-11-10(6-7-10)5-4-9-3-2-8-12-9/h9,11H,2-8H2,1H3. The van der Waals surface area contributed by atoms with Crippen LogP contribution in [0.3, 0.4) is 0 Å². The Hall–Kier alpha value is -0.0800. The summed E-state index contributed by atoms with van der Waals surface area (Å²) in [6.07, 6.45) is 8.47. The van der Waals surface area contributed by atoms with Crippen LogP contribution in [0.5, 0.6) is 0 Å². The zero-order valence-electron chi connectivity index (χ0n) is 7.94. The summed E-state index contributed by atoms with van der Waals surface area (Å²) in [6, 6.07) is 0. The molecule has 0 spiro atoms.